The molecule has 0 unspecified atom stereocenters. The first-order valence-corrected chi connectivity index (χ1v) is 5.28. The van der Waals surface area contributed by atoms with E-state index in [1.807, 2.05) is 30.3 Å². The number of rotatable bonds is 5. The normalized spacial score (nSPS) is 9.71. The van der Waals surface area contributed by atoms with Crippen molar-refractivity contribution < 1.29 is 14.4 Å². The molecule has 0 saturated carbocycles. The molecule has 0 bridgehead atoms. The summed E-state index contributed by atoms with van der Waals surface area (Å²) in [5.41, 5.74) is 1.12. The van der Waals surface area contributed by atoms with Crippen molar-refractivity contribution in [3.8, 4) is 11.5 Å². The van der Waals surface area contributed by atoms with Crippen LogP contribution in [0, 0.1) is 0 Å². The van der Waals surface area contributed by atoms with Crippen LogP contribution in [-0.4, -0.2) is 12.7 Å². The summed E-state index contributed by atoms with van der Waals surface area (Å²) in [6, 6.07) is 17.0. The Balaban J connectivity index is 1.91. The second-order valence-electron chi connectivity index (χ2n) is 3.47. The van der Waals surface area contributed by atoms with E-state index in [-0.39, 0.29) is 0 Å². The highest BCUT2D eigenvalue weighted by Gasteiger charge is 1.97. The summed E-state index contributed by atoms with van der Waals surface area (Å²) >= 11 is 0. The molecule has 17 heavy (non-hydrogen) atoms. The molecule has 0 heterocycles. The summed E-state index contributed by atoms with van der Waals surface area (Å²) < 4.78 is 10.4. The highest BCUT2D eigenvalue weighted by atomic mass is 16.5. The molecular formula is C13H12BO3. The summed E-state index contributed by atoms with van der Waals surface area (Å²) in [6.45, 7) is 0.535. The number of ether oxygens (including phenoxy) is 1. The molecular weight excluding hydrogens is 215 g/mol. The zero-order chi connectivity index (χ0) is 11.9. The van der Waals surface area contributed by atoms with E-state index in [9.17, 15) is 0 Å². The minimum Gasteiger partial charge on any atom is -0.537 e. The maximum absolute atomic E-state index is 8.46. The highest BCUT2D eigenvalue weighted by molar-refractivity contribution is 6.17. The van der Waals surface area contributed by atoms with Crippen molar-refractivity contribution >= 4 is 7.69 Å². The van der Waals surface area contributed by atoms with Gasteiger partial charge in [-0.05, 0) is 29.8 Å². The molecule has 0 fully saturated rings. The van der Waals surface area contributed by atoms with E-state index >= 15 is 0 Å². The number of hydrogen-bond donors (Lipinski definition) is 1. The van der Waals surface area contributed by atoms with E-state index in [0.29, 0.717) is 20.0 Å². The zero-order valence-corrected chi connectivity index (χ0v) is 9.24. The smallest absolute Gasteiger partial charge is 0.537 e. The fourth-order valence-electron chi connectivity index (χ4n) is 1.42. The first-order valence-electron chi connectivity index (χ1n) is 5.28. The summed E-state index contributed by atoms with van der Waals surface area (Å²) in [5, 5.41) is 8.46. The quantitative estimate of drug-likeness (QED) is 0.795. The van der Waals surface area contributed by atoms with E-state index in [2.05, 4.69) is 0 Å². The molecule has 0 aromatic heterocycles. The first kappa shape index (κ1) is 11.5. The molecule has 0 aliphatic heterocycles. The number of hydrogen-bond acceptors (Lipinski definition) is 3. The zero-order valence-electron chi connectivity index (χ0n) is 9.24. The molecule has 0 spiro atoms. The largest absolute Gasteiger partial charge is 0.569 e. The maximum Gasteiger partial charge on any atom is 0.569 e. The van der Waals surface area contributed by atoms with E-state index in [0.717, 1.165) is 11.3 Å². The van der Waals surface area contributed by atoms with Crippen LogP contribution < -0.4 is 9.39 Å². The fourth-order valence-corrected chi connectivity index (χ4v) is 1.42. The summed E-state index contributed by atoms with van der Waals surface area (Å²) in [6.07, 6.45) is 0. The topological polar surface area (TPSA) is 38.7 Å². The van der Waals surface area contributed by atoms with Crippen molar-refractivity contribution in [2.75, 3.05) is 0 Å². The Labute approximate surface area is 101 Å². The molecule has 1 N–H and O–H groups in total. The molecule has 2 rings (SSSR count). The fraction of sp³-hybridized carbons (Fsp3) is 0.0769. The highest BCUT2D eigenvalue weighted by Crippen LogP contribution is 2.18. The van der Waals surface area contributed by atoms with Crippen LogP contribution in [0.2, 0.25) is 0 Å². The lowest BCUT2D eigenvalue weighted by Crippen LogP contribution is -1.99. The van der Waals surface area contributed by atoms with Gasteiger partial charge in [0.15, 0.2) is 0 Å². The second-order valence-corrected chi connectivity index (χ2v) is 3.47. The van der Waals surface area contributed by atoms with Crippen LogP contribution in [0.3, 0.4) is 0 Å². The van der Waals surface area contributed by atoms with Gasteiger partial charge in [0.05, 0.1) is 0 Å². The van der Waals surface area contributed by atoms with Crippen LogP contribution in [-0.2, 0) is 6.61 Å². The molecule has 2 aromatic carbocycles. The van der Waals surface area contributed by atoms with Gasteiger partial charge in [0.25, 0.3) is 0 Å². The SMILES string of the molecule is O[B]Oc1ccc(OCc2ccccc2)cc1. The third-order valence-electron chi connectivity index (χ3n) is 2.26. The standard InChI is InChI=1S/C13H12BO3/c15-14-17-13-8-6-12(7-9-13)16-10-11-4-2-1-3-5-11/h1-9,15H,10H2. The van der Waals surface area contributed by atoms with E-state index in [1.54, 1.807) is 24.3 Å². The molecule has 0 saturated heterocycles. The maximum atomic E-state index is 8.46. The van der Waals surface area contributed by atoms with Gasteiger partial charge in [-0.1, -0.05) is 30.3 Å². The van der Waals surface area contributed by atoms with Crippen molar-refractivity contribution in [1.29, 1.82) is 0 Å². The van der Waals surface area contributed by atoms with Gasteiger partial charge in [0.2, 0.25) is 0 Å². The Morgan fingerprint density at radius 1 is 0.882 bits per heavy atom. The van der Waals surface area contributed by atoms with Crippen LogP contribution >= 0.6 is 0 Å². The van der Waals surface area contributed by atoms with E-state index in [1.165, 1.54) is 0 Å². The monoisotopic (exact) mass is 227 g/mol. The van der Waals surface area contributed by atoms with Crippen molar-refractivity contribution in [2.24, 2.45) is 0 Å². The van der Waals surface area contributed by atoms with Crippen molar-refractivity contribution in [3.63, 3.8) is 0 Å². The van der Waals surface area contributed by atoms with Gasteiger partial charge in [-0.15, -0.1) is 0 Å². The molecule has 0 aliphatic carbocycles. The Bertz CT molecular complexity index is 442. The van der Waals surface area contributed by atoms with Crippen LogP contribution in [0.1, 0.15) is 5.56 Å². The second kappa shape index (κ2) is 5.96. The van der Waals surface area contributed by atoms with Gasteiger partial charge in [-0.3, -0.25) is 0 Å². The molecule has 1 radical (unpaired) electrons. The van der Waals surface area contributed by atoms with Gasteiger partial charge in [-0.25, -0.2) is 0 Å². The van der Waals surface area contributed by atoms with Crippen LogP contribution in [0.5, 0.6) is 11.5 Å². The summed E-state index contributed by atoms with van der Waals surface area (Å²) in [7, 11) is 0.653. The molecule has 0 atom stereocenters. The van der Waals surface area contributed by atoms with Crippen LogP contribution in [0.15, 0.2) is 54.6 Å². The van der Waals surface area contributed by atoms with Gasteiger partial charge in [0, 0.05) is 0 Å². The van der Waals surface area contributed by atoms with Gasteiger partial charge >= 0.3 is 7.69 Å². The molecule has 85 valence electrons. The molecule has 3 nitrogen and oxygen atoms in total. The predicted molar refractivity (Wildman–Crippen MR) is 65.8 cm³/mol. The average Bonchev–Trinajstić information content (AvgIpc) is 2.40. The lowest BCUT2D eigenvalue weighted by molar-refractivity contribution is 0.306. The Kier molecular flexibility index (Phi) is 4.05. The molecule has 0 amide bonds. The Hall–Kier alpha value is -1.94. The minimum absolute atomic E-state index is 0.535. The summed E-state index contributed by atoms with van der Waals surface area (Å²) in [5.74, 6) is 1.33. The average molecular weight is 227 g/mol. The van der Waals surface area contributed by atoms with Gasteiger partial charge < -0.3 is 14.4 Å². The molecule has 2 aromatic rings. The third kappa shape index (κ3) is 3.54. The van der Waals surface area contributed by atoms with Gasteiger partial charge in [-0.2, -0.15) is 0 Å². The summed E-state index contributed by atoms with van der Waals surface area (Å²) in [4.78, 5) is 0. The molecule has 0 aliphatic rings. The van der Waals surface area contributed by atoms with Crippen molar-refractivity contribution in [1.82, 2.24) is 0 Å². The van der Waals surface area contributed by atoms with E-state index < -0.39 is 0 Å². The van der Waals surface area contributed by atoms with Crippen LogP contribution in [0.25, 0.3) is 0 Å². The van der Waals surface area contributed by atoms with Crippen molar-refractivity contribution in [2.45, 2.75) is 6.61 Å². The predicted octanol–water partition coefficient (Wildman–Crippen LogP) is 2.17. The van der Waals surface area contributed by atoms with E-state index in [4.69, 9.17) is 14.4 Å². The molecule has 4 heteroatoms. The van der Waals surface area contributed by atoms with Gasteiger partial charge in [0.1, 0.15) is 18.1 Å². The van der Waals surface area contributed by atoms with Crippen LogP contribution in [0.4, 0.5) is 0 Å². The lowest BCUT2D eigenvalue weighted by atomic mass is 10.2. The third-order valence-corrected chi connectivity index (χ3v) is 2.26. The minimum atomic E-state index is 0.535. The lowest BCUT2D eigenvalue weighted by Gasteiger charge is -2.07. The number of benzene rings is 2. The Morgan fingerprint density at radius 2 is 1.53 bits per heavy atom. The first-order chi connectivity index (χ1) is 8.38. The van der Waals surface area contributed by atoms with Crippen molar-refractivity contribution in [3.05, 3.63) is 60.2 Å². The Morgan fingerprint density at radius 3 is 2.18 bits per heavy atom.